The van der Waals surface area contributed by atoms with Crippen LogP contribution in [0, 0.1) is 62.1 Å². The predicted molar refractivity (Wildman–Crippen MR) is 102 cm³/mol. The van der Waals surface area contributed by atoms with Crippen molar-refractivity contribution < 1.29 is 0 Å². The van der Waals surface area contributed by atoms with E-state index in [-0.39, 0.29) is 12.1 Å². The molecular formula is C18H14N10. The van der Waals surface area contributed by atoms with E-state index in [9.17, 15) is 15.8 Å². The fraction of sp³-hybridized carbons (Fsp3) is 0.278. The number of nitrogens with zero attached hydrogens (tertiary/aromatic N) is 6. The Morgan fingerprint density at radius 1 is 1.29 bits per heavy atom. The molecule has 0 aliphatic carbocycles. The van der Waals surface area contributed by atoms with Crippen molar-refractivity contribution in [1.29, 1.82) is 31.7 Å². The molecule has 0 radical (unpaired) electrons. The average Bonchev–Trinajstić information content (AvgIpc) is 2.73. The van der Waals surface area contributed by atoms with Gasteiger partial charge in [-0.2, -0.15) is 26.3 Å². The molecule has 0 fully saturated rings. The molecule has 10 heteroatoms. The molecule has 1 heterocycles. The van der Waals surface area contributed by atoms with E-state index in [1.165, 1.54) is 0 Å². The summed E-state index contributed by atoms with van der Waals surface area (Å²) >= 11 is 0. The minimum atomic E-state index is -0.812. The van der Waals surface area contributed by atoms with Crippen LogP contribution in [0.4, 0.5) is 22.7 Å². The van der Waals surface area contributed by atoms with Gasteiger partial charge >= 0.3 is 0 Å². The summed E-state index contributed by atoms with van der Waals surface area (Å²) in [6.07, 6.45) is 0.236. The van der Waals surface area contributed by atoms with E-state index in [0.29, 0.717) is 34.7 Å². The van der Waals surface area contributed by atoms with Crippen molar-refractivity contribution in [3.63, 3.8) is 0 Å². The highest BCUT2D eigenvalue weighted by atomic mass is 15.0. The fourth-order valence-electron chi connectivity index (χ4n) is 2.75. The third kappa shape index (κ3) is 3.81. The molecule has 28 heavy (non-hydrogen) atoms. The van der Waals surface area contributed by atoms with Gasteiger partial charge in [0, 0.05) is 13.5 Å². The quantitative estimate of drug-likeness (QED) is 0.545. The molecule has 10 nitrogen and oxygen atoms in total. The van der Waals surface area contributed by atoms with Gasteiger partial charge in [0.2, 0.25) is 0 Å². The van der Waals surface area contributed by atoms with Crippen molar-refractivity contribution in [1.82, 2.24) is 0 Å². The van der Waals surface area contributed by atoms with E-state index < -0.39 is 17.8 Å². The smallest absolute Gasteiger partial charge is 0.176 e. The van der Waals surface area contributed by atoms with Crippen LogP contribution < -0.4 is 16.0 Å². The minimum absolute atomic E-state index is 0.0658. The first-order chi connectivity index (χ1) is 13.5. The number of rotatable bonds is 6. The zero-order valence-electron chi connectivity index (χ0n) is 14.8. The van der Waals surface area contributed by atoms with Crippen molar-refractivity contribution in [2.75, 3.05) is 23.0 Å². The molecule has 0 aromatic heterocycles. The highest BCUT2D eigenvalue weighted by Gasteiger charge is 2.27. The summed E-state index contributed by atoms with van der Waals surface area (Å²) in [5.74, 6) is 0. The van der Waals surface area contributed by atoms with Crippen molar-refractivity contribution >= 4 is 34.2 Å². The summed E-state index contributed by atoms with van der Waals surface area (Å²) in [5.41, 5.74) is 1.36. The monoisotopic (exact) mass is 370 g/mol. The first-order valence-electron chi connectivity index (χ1n) is 8.07. The van der Waals surface area contributed by atoms with Gasteiger partial charge < -0.3 is 16.0 Å². The summed E-state index contributed by atoms with van der Waals surface area (Å²) in [5, 5.41) is 62.2. The van der Waals surface area contributed by atoms with Gasteiger partial charge in [-0.15, -0.1) is 0 Å². The molecule has 2 bridgehead atoms. The van der Waals surface area contributed by atoms with Gasteiger partial charge in [-0.3, -0.25) is 5.41 Å². The van der Waals surface area contributed by atoms with Crippen LogP contribution in [0.2, 0.25) is 0 Å². The third-order valence-corrected chi connectivity index (χ3v) is 3.99. The second kappa shape index (κ2) is 8.68. The third-order valence-electron chi connectivity index (χ3n) is 3.99. The number of benzene rings is 1. The molecule has 1 aliphatic heterocycles. The zero-order valence-corrected chi connectivity index (χ0v) is 14.8. The highest BCUT2D eigenvalue weighted by molar-refractivity contribution is 6.52. The number of anilines is 3. The van der Waals surface area contributed by atoms with E-state index in [1.54, 1.807) is 25.3 Å². The summed E-state index contributed by atoms with van der Waals surface area (Å²) in [6.45, 7) is 0. The number of hydrogen-bond donors (Lipinski definition) is 4. The van der Waals surface area contributed by atoms with Crippen LogP contribution in [-0.2, 0) is 6.42 Å². The molecule has 0 saturated heterocycles. The van der Waals surface area contributed by atoms with Gasteiger partial charge in [-0.25, -0.2) is 4.99 Å². The second-order valence-corrected chi connectivity index (χ2v) is 5.71. The minimum Gasteiger partial charge on any atom is -0.385 e. The maximum Gasteiger partial charge on any atom is 0.176 e. The maximum absolute atomic E-state index is 9.33. The topological polar surface area (TPSA) is 191 Å². The van der Waals surface area contributed by atoms with Crippen LogP contribution in [0.5, 0.6) is 0 Å². The number of hydrogen-bond acceptors (Lipinski definition) is 10. The van der Waals surface area contributed by atoms with Gasteiger partial charge in [0.05, 0.1) is 47.4 Å². The Kier molecular flexibility index (Phi) is 6.11. The lowest BCUT2D eigenvalue weighted by Crippen LogP contribution is -2.27. The largest absolute Gasteiger partial charge is 0.385 e. The predicted octanol–water partition coefficient (Wildman–Crippen LogP) is 1.95. The zero-order chi connectivity index (χ0) is 20.7. The summed E-state index contributed by atoms with van der Waals surface area (Å²) in [4.78, 5) is 4.19. The highest BCUT2D eigenvalue weighted by Crippen LogP contribution is 2.45. The first-order valence-corrected chi connectivity index (χ1v) is 8.07. The van der Waals surface area contributed by atoms with E-state index in [0.717, 1.165) is 0 Å². The number of fused-ring (bicyclic) bond motifs is 2. The second-order valence-electron chi connectivity index (χ2n) is 5.71. The van der Waals surface area contributed by atoms with Crippen LogP contribution in [0.15, 0.2) is 11.1 Å². The number of nitriles is 5. The van der Waals surface area contributed by atoms with Gasteiger partial charge in [0.1, 0.15) is 24.2 Å². The van der Waals surface area contributed by atoms with E-state index >= 15 is 0 Å². The van der Waals surface area contributed by atoms with Crippen LogP contribution in [0.25, 0.3) is 0 Å². The molecular weight excluding hydrogens is 356 g/mol. The SMILES string of the molecule is CNc1c(N=C(C#N)C(=N)C#N)c2cc(c1NC(C#N)CC#N)NC(C#N)C2. The van der Waals surface area contributed by atoms with Crippen molar-refractivity contribution in [2.45, 2.75) is 24.9 Å². The van der Waals surface area contributed by atoms with Crippen molar-refractivity contribution in [2.24, 2.45) is 4.99 Å². The fourth-order valence-corrected chi connectivity index (χ4v) is 2.75. The van der Waals surface area contributed by atoms with Crippen molar-refractivity contribution in [3.8, 4) is 30.3 Å². The molecule has 1 aliphatic rings. The molecule has 136 valence electrons. The molecule has 4 N–H and O–H groups in total. The maximum atomic E-state index is 9.33. The summed E-state index contributed by atoms with van der Waals surface area (Å²) in [6, 6.07) is 9.70. The normalized spacial score (nSPS) is 15.3. The molecule has 2 atom stereocenters. The Balaban J connectivity index is 2.73. The molecule has 0 saturated carbocycles. The Bertz CT molecular complexity index is 1050. The van der Waals surface area contributed by atoms with E-state index in [1.807, 2.05) is 12.1 Å². The first kappa shape index (κ1) is 19.7. The van der Waals surface area contributed by atoms with E-state index in [4.69, 9.17) is 15.9 Å². The van der Waals surface area contributed by atoms with Gasteiger partial charge in [-0.1, -0.05) is 0 Å². The lowest BCUT2D eigenvalue weighted by molar-refractivity contribution is 0.852. The van der Waals surface area contributed by atoms with Gasteiger partial charge in [0.25, 0.3) is 0 Å². The summed E-state index contributed by atoms with van der Waals surface area (Å²) < 4.78 is 0. The Morgan fingerprint density at radius 2 is 2.04 bits per heavy atom. The molecule has 0 spiro atoms. The molecule has 1 aromatic rings. The molecule has 2 rings (SSSR count). The Hall–Kier alpha value is -4.59. The van der Waals surface area contributed by atoms with Gasteiger partial charge in [-0.05, 0) is 11.6 Å². The van der Waals surface area contributed by atoms with E-state index in [2.05, 4.69) is 27.0 Å². The van der Waals surface area contributed by atoms with Crippen LogP contribution >= 0.6 is 0 Å². The van der Waals surface area contributed by atoms with Crippen LogP contribution in [0.1, 0.15) is 12.0 Å². The van der Waals surface area contributed by atoms with Crippen LogP contribution in [0.3, 0.4) is 0 Å². The Labute approximate surface area is 161 Å². The lowest BCUT2D eigenvalue weighted by atomic mass is 9.96. The average molecular weight is 370 g/mol. The van der Waals surface area contributed by atoms with Crippen molar-refractivity contribution in [3.05, 3.63) is 11.6 Å². The molecule has 0 amide bonds. The lowest BCUT2D eigenvalue weighted by Gasteiger charge is -2.28. The number of nitrogens with one attached hydrogen (secondary N) is 4. The standard InChI is InChI=1S/C18H14N10/c1-25-18-16(28-15(9-23)13(24)8-22)10-4-12(7-21)26-14(5-10)17(18)27-11(6-20)2-3-19/h5,11-12,24-27H,2,4H2,1H3. The number of aliphatic imine (C=N–C) groups is 1. The molecule has 2 unspecified atom stereocenters. The summed E-state index contributed by atoms with van der Waals surface area (Å²) in [7, 11) is 1.61. The Morgan fingerprint density at radius 3 is 2.57 bits per heavy atom. The van der Waals surface area contributed by atoms with Gasteiger partial charge in [0.15, 0.2) is 11.4 Å². The molecule has 1 aromatic carbocycles. The van der Waals surface area contributed by atoms with Crippen LogP contribution in [-0.4, -0.2) is 30.6 Å².